The fraction of sp³-hybridized carbons (Fsp3) is 0.625. The van der Waals surface area contributed by atoms with Crippen molar-refractivity contribution in [2.45, 2.75) is 51.9 Å². The number of aliphatic hydroxyl groups is 1. The van der Waals surface area contributed by atoms with Crippen LogP contribution in [0.25, 0.3) is 0 Å². The third kappa shape index (κ3) is 5.09. The second kappa shape index (κ2) is 7.92. The summed E-state index contributed by atoms with van der Waals surface area (Å²) in [4.78, 5) is 0.382. The fourth-order valence-electron chi connectivity index (χ4n) is 2.83. The van der Waals surface area contributed by atoms with Crippen molar-refractivity contribution in [3.63, 3.8) is 0 Å². The highest BCUT2D eigenvalue weighted by Crippen LogP contribution is 2.22. The second-order valence-electron chi connectivity index (χ2n) is 5.75. The van der Waals surface area contributed by atoms with E-state index >= 15 is 0 Å². The quantitative estimate of drug-likeness (QED) is 0.775. The number of sulfonamides is 1. The molecule has 0 aliphatic carbocycles. The first-order valence-electron chi connectivity index (χ1n) is 7.50. The zero-order valence-corrected chi connectivity index (χ0v) is 14.3. The van der Waals surface area contributed by atoms with Gasteiger partial charge < -0.3 is 5.11 Å². The summed E-state index contributed by atoms with van der Waals surface area (Å²) in [5, 5.41) is 9.05. The molecule has 4 nitrogen and oxygen atoms in total. The van der Waals surface area contributed by atoms with Crippen LogP contribution in [0.5, 0.6) is 0 Å². The molecule has 21 heavy (non-hydrogen) atoms. The molecule has 0 aliphatic heterocycles. The molecule has 1 aromatic carbocycles. The molecule has 2 N–H and O–H groups in total. The van der Waals surface area contributed by atoms with Crippen molar-refractivity contribution in [1.29, 1.82) is 0 Å². The molecule has 0 saturated heterocycles. The Morgan fingerprint density at radius 2 is 1.71 bits per heavy atom. The number of hydrogen-bond acceptors (Lipinski definition) is 3. The number of aliphatic hydroxyl groups excluding tert-OH is 1. The van der Waals surface area contributed by atoms with Gasteiger partial charge in [-0.25, -0.2) is 13.1 Å². The topological polar surface area (TPSA) is 66.4 Å². The highest BCUT2D eigenvalue weighted by molar-refractivity contribution is 7.89. The van der Waals surface area contributed by atoms with Crippen LogP contribution in [0.4, 0.5) is 0 Å². The molecule has 120 valence electrons. The van der Waals surface area contributed by atoms with Crippen LogP contribution < -0.4 is 4.72 Å². The SMILES string of the molecule is CCCC(CCO)CNS(=O)(=O)c1c(C)cc(C)cc1C. The number of hydrogen-bond donors (Lipinski definition) is 2. The molecule has 1 aromatic rings. The minimum absolute atomic E-state index is 0.0922. The van der Waals surface area contributed by atoms with E-state index in [0.717, 1.165) is 29.5 Å². The molecule has 5 heteroatoms. The van der Waals surface area contributed by atoms with Gasteiger partial charge in [-0.15, -0.1) is 0 Å². The van der Waals surface area contributed by atoms with Crippen LogP contribution in [-0.2, 0) is 10.0 Å². The first-order chi connectivity index (χ1) is 9.81. The molecule has 1 atom stereocenters. The van der Waals surface area contributed by atoms with Crippen molar-refractivity contribution in [3.8, 4) is 0 Å². The Balaban J connectivity index is 2.92. The van der Waals surface area contributed by atoms with E-state index in [-0.39, 0.29) is 12.5 Å². The maximum Gasteiger partial charge on any atom is 0.241 e. The standard InChI is InChI=1S/C16H27NO3S/c1-5-6-15(7-8-18)11-17-21(19,20)16-13(3)9-12(2)10-14(16)4/h9-10,15,17-18H,5-8,11H2,1-4H3. The lowest BCUT2D eigenvalue weighted by Gasteiger charge is -2.18. The van der Waals surface area contributed by atoms with Crippen molar-refractivity contribution < 1.29 is 13.5 Å². The van der Waals surface area contributed by atoms with E-state index in [9.17, 15) is 8.42 Å². The van der Waals surface area contributed by atoms with Gasteiger partial charge in [-0.3, -0.25) is 0 Å². The largest absolute Gasteiger partial charge is 0.396 e. The second-order valence-corrected chi connectivity index (χ2v) is 7.45. The zero-order valence-electron chi connectivity index (χ0n) is 13.4. The van der Waals surface area contributed by atoms with Crippen molar-refractivity contribution in [1.82, 2.24) is 4.72 Å². The van der Waals surface area contributed by atoms with E-state index in [4.69, 9.17) is 5.11 Å². The van der Waals surface area contributed by atoms with Crippen molar-refractivity contribution in [2.24, 2.45) is 5.92 Å². The van der Waals surface area contributed by atoms with E-state index in [0.29, 0.717) is 17.9 Å². The van der Waals surface area contributed by atoms with Crippen molar-refractivity contribution in [3.05, 3.63) is 28.8 Å². The fourth-order valence-corrected chi connectivity index (χ4v) is 4.39. The molecule has 0 spiro atoms. The van der Waals surface area contributed by atoms with Gasteiger partial charge in [-0.2, -0.15) is 0 Å². The molecule has 1 rings (SSSR count). The zero-order chi connectivity index (χ0) is 16.0. The molecule has 0 bridgehead atoms. The summed E-state index contributed by atoms with van der Waals surface area (Å²) in [6.45, 7) is 8.14. The predicted octanol–water partition coefficient (Wildman–Crippen LogP) is 2.69. The summed E-state index contributed by atoms with van der Waals surface area (Å²) < 4.78 is 27.8. The van der Waals surface area contributed by atoms with Crippen LogP contribution in [0.1, 0.15) is 42.9 Å². The molecule has 0 heterocycles. The van der Waals surface area contributed by atoms with Crippen LogP contribution in [0.3, 0.4) is 0 Å². The third-order valence-electron chi connectivity index (χ3n) is 3.67. The highest BCUT2D eigenvalue weighted by atomic mass is 32.2. The molecule has 0 aliphatic rings. The highest BCUT2D eigenvalue weighted by Gasteiger charge is 2.21. The summed E-state index contributed by atoms with van der Waals surface area (Å²) in [5.41, 5.74) is 2.61. The average molecular weight is 313 g/mol. The monoisotopic (exact) mass is 313 g/mol. The predicted molar refractivity (Wildman–Crippen MR) is 85.9 cm³/mol. The van der Waals surface area contributed by atoms with Gasteiger partial charge in [0.1, 0.15) is 0 Å². The summed E-state index contributed by atoms with van der Waals surface area (Å²) in [5.74, 6) is 0.181. The summed E-state index contributed by atoms with van der Waals surface area (Å²) >= 11 is 0. The minimum atomic E-state index is -3.50. The Hall–Kier alpha value is -0.910. The number of nitrogens with one attached hydrogen (secondary N) is 1. The molecule has 0 radical (unpaired) electrons. The Bertz CT molecular complexity index is 538. The first-order valence-corrected chi connectivity index (χ1v) is 8.98. The maximum absolute atomic E-state index is 12.5. The van der Waals surface area contributed by atoms with Gasteiger partial charge in [0.15, 0.2) is 0 Å². The van der Waals surface area contributed by atoms with Gasteiger partial charge in [0.25, 0.3) is 0 Å². The van der Waals surface area contributed by atoms with E-state index < -0.39 is 10.0 Å². The number of rotatable bonds is 8. The van der Waals surface area contributed by atoms with Crippen LogP contribution in [0, 0.1) is 26.7 Å². The molecule has 0 aromatic heterocycles. The molecule has 1 unspecified atom stereocenters. The Morgan fingerprint density at radius 1 is 1.14 bits per heavy atom. The van der Waals surface area contributed by atoms with E-state index in [1.807, 2.05) is 32.9 Å². The lowest BCUT2D eigenvalue weighted by atomic mass is 10.0. The van der Waals surface area contributed by atoms with Crippen molar-refractivity contribution in [2.75, 3.05) is 13.2 Å². The molecular weight excluding hydrogens is 286 g/mol. The maximum atomic E-state index is 12.5. The van der Waals surface area contributed by atoms with Crippen molar-refractivity contribution >= 4 is 10.0 Å². The lowest BCUT2D eigenvalue weighted by molar-refractivity contribution is 0.251. The minimum Gasteiger partial charge on any atom is -0.396 e. The normalized spacial score (nSPS) is 13.4. The van der Waals surface area contributed by atoms with Gasteiger partial charge >= 0.3 is 0 Å². The van der Waals surface area contributed by atoms with Gasteiger partial charge in [0.05, 0.1) is 4.90 Å². The molecule has 0 saturated carbocycles. The van der Waals surface area contributed by atoms with Crippen LogP contribution in [-0.4, -0.2) is 26.7 Å². The van der Waals surface area contributed by atoms with Crippen LogP contribution in [0.2, 0.25) is 0 Å². The van der Waals surface area contributed by atoms with Gasteiger partial charge in [0, 0.05) is 13.2 Å². The third-order valence-corrected chi connectivity index (χ3v) is 5.40. The first kappa shape index (κ1) is 18.1. The number of benzene rings is 1. The van der Waals surface area contributed by atoms with E-state index in [2.05, 4.69) is 11.6 Å². The van der Waals surface area contributed by atoms with Gasteiger partial charge in [-0.05, 0) is 50.7 Å². The van der Waals surface area contributed by atoms with E-state index in [1.165, 1.54) is 0 Å². The Morgan fingerprint density at radius 3 is 2.19 bits per heavy atom. The molecule has 0 fully saturated rings. The smallest absolute Gasteiger partial charge is 0.241 e. The van der Waals surface area contributed by atoms with Crippen LogP contribution in [0.15, 0.2) is 17.0 Å². The van der Waals surface area contributed by atoms with Gasteiger partial charge in [0.2, 0.25) is 10.0 Å². The molecule has 0 amide bonds. The Kier molecular flexibility index (Phi) is 6.84. The number of aryl methyl sites for hydroxylation is 3. The van der Waals surface area contributed by atoms with Crippen LogP contribution >= 0.6 is 0 Å². The van der Waals surface area contributed by atoms with E-state index in [1.54, 1.807) is 0 Å². The Labute approximate surface area is 128 Å². The lowest BCUT2D eigenvalue weighted by Crippen LogP contribution is -2.31. The molecular formula is C16H27NO3S. The average Bonchev–Trinajstić information content (AvgIpc) is 2.35. The summed E-state index contributed by atoms with van der Waals surface area (Å²) in [6, 6.07) is 3.78. The summed E-state index contributed by atoms with van der Waals surface area (Å²) in [6.07, 6.45) is 2.52. The van der Waals surface area contributed by atoms with Gasteiger partial charge in [-0.1, -0.05) is 31.0 Å². The summed E-state index contributed by atoms with van der Waals surface area (Å²) in [7, 11) is -3.50.